The van der Waals surface area contributed by atoms with Gasteiger partial charge in [0, 0.05) is 59.6 Å². The van der Waals surface area contributed by atoms with Gasteiger partial charge in [0.2, 0.25) is 5.69 Å². The summed E-state index contributed by atoms with van der Waals surface area (Å²) in [6.07, 6.45) is 10.9. The van der Waals surface area contributed by atoms with Crippen molar-refractivity contribution >= 4 is 55.0 Å². The summed E-state index contributed by atoms with van der Waals surface area (Å²) >= 11 is 1.74. The first kappa shape index (κ1) is 38.8. The number of allylic oxidation sites excluding steroid dienone is 4. The molecule has 2 aliphatic rings. The highest BCUT2D eigenvalue weighted by molar-refractivity contribution is 7.98. The predicted molar refractivity (Wildman–Crippen MR) is 200 cm³/mol. The number of hydrogen-bond donors (Lipinski definition) is 3. The Bertz CT molecular complexity index is 1850. The van der Waals surface area contributed by atoms with Crippen LogP contribution in [0.25, 0.3) is 0 Å². The molecule has 268 valence electrons. The zero-order valence-corrected chi connectivity index (χ0v) is 31.6. The molecule has 10 nitrogen and oxygen atoms in total. The third-order valence-electron chi connectivity index (χ3n) is 9.34. The van der Waals surface area contributed by atoms with Crippen LogP contribution in [-0.4, -0.2) is 85.3 Å². The fraction of sp³-hybridized carbons (Fsp3) is 0.500. The minimum atomic E-state index is -4.06. The maximum Gasteiger partial charge on any atom is 0.264 e. The molecule has 0 spiro atoms. The molecular formula is C36H50N3O7S3+. The van der Waals surface area contributed by atoms with Gasteiger partial charge in [-0.05, 0) is 81.4 Å². The fourth-order valence-electron chi connectivity index (χ4n) is 6.80. The monoisotopic (exact) mass is 732 g/mol. The number of para-hydroxylation sites is 1. The Morgan fingerprint density at radius 2 is 1.57 bits per heavy atom. The van der Waals surface area contributed by atoms with E-state index in [0.29, 0.717) is 50.9 Å². The first-order valence-electron chi connectivity index (χ1n) is 16.7. The molecule has 2 heterocycles. The lowest BCUT2D eigenvalue weighted by Gasteiger charge is -2.27. The van der Waals surface area contributed by atoms with Gasteiger partial charge in [-0.15, -0.1) is 0 Å². The molecule has 0 aliphatic carbocycles. The first-order valence-corrected chi connectivity index (χ1v) is 21.3. The summed E-state index contributed by atoms with van der Waals surface area (Å²) in [5.74, 6) is 0.271. The van der Waals surface area contributed by atoms with Crippen LogP contribution in [0.15, 0.2) is 66.4 Å². The maximum atomic E-state index is 13.0. The maximum absolute atomic E-state index is 13.0. The highest BCUT2D eigenvalue weighted by Crippen LogP contribution is 2.48. The quantitative estimate of drug-likeness (QED) is 0.0996. The molecule has 0 saturated heterocycles. The van der Waals surface area contributed by atoms with Crippen LogP contribution in [0, 0.1) is 0 Å². The zero-order chi connectivity index (χ0) is 36.0. The van der Waals surface area contributed by atoms with E-state index in [0.717, 1.165) is 40.5 Å². The molecule has 0 unspecified atom stereocenters. The molecule has 0 atom stereocenters. The normalized spacial score (nSPS) is 17.6. The summed E-state index contributed by atoms with van der Waals surface area (Å²) < 4.78 is 66.2. The van der Waals surface area contributed by atoms with Crippen molar-refractivity contribution in [3.8, 4) is 0 Å². The van der Waals surface area contributed by atoms with Gasteiger partial charge in [-0.25, -0.2) is 0 Å². The molecule has 2 aromatic carbocycles. The topological polar surface area (TPSA) is 144 Å². The Morgan fingerprint density at radius 3 is 2.24 bits per heavy atom. The van der Waals surface area contributed by atoms with Crippen molar-refractivity contribution in [2.75, 3.05) is 48.0 Å². The standard InChI is InChI=1S/C36H49N3O7S3/c1-35(2)28-14-6-7-15-30(28)38(21-8-10-24-48(41,42)43)32(35)16-12-17-33-36(3,4)29-26-27(34(40)37-20-13-23-47-5)18-19-31(29)39(33)22-9-11-25-49(44,45)46/h6-7,12,14-19,26H,8-11,13,20-25H2,1-5H3,(H2-,37,40,41,42,43,44,45,46)/p+1. The number of carbonyl (C=O) groups is 1. The van der Waals surface area contributed by atoms with E-state index in [1.807, 2.05) is 42.7 Å². The Morgan fingerprint density at radius 1 is 0.898 bits per heavy atom. The first-order chi connectivity index (χ1) is 23.0. The van der Waals surface area contributed by atoms with E-state index in [1.165, 1.54) is 5.56 Å². The van der Waals surface area contributed by atoms with Gasteiger partial charge in [-0.1, -0.05) is 38.1 Å². The molecule has 3 N–H and O–H groups in total. The fourth-order valence-corrected chi connectivity index (χ4v) is 8.37. The number of anilines is 1. The van der Waals surface area contributed by atoms with Gasteiger partial charge < -0.3 is 10.2 Å². The lowest BCUT2D eigenvalue weighted by molar-refractivity contribution is -0.438. The highest BCUT2D eigenvalue weighted by atomic mass is 32.2. The molecule has 49 heavy (non-hydrogen) atoms. The van der Waals surface area contributed by atoms with Gasteiger partial charge in [0.25, 0.3) is 26.1 Å². The number of rotatable bonds is 17. The lowest BCUT2D eigenvalue weighted by Crippen LogP contribution is -2.28. The van der Waals surface area contributed by atoms with Crippen LogP contribution in [0.2, 0.25) is 0 Å². The summed E-state index contributed by atoms with van der Waals surface area (Å²) in [5, 5.41) is 3.02. The average molecular weight is 733 g/mol. The lowest BCUT2D eigenvalue weighted by atomic mass is 9.81. The summed E-state index contributed by atoms with van der Waals surface area (Å²) in [6, 6.07) is 13.9. The van der Waals surface area contributed by atoms with E-state index in [-0.39, 0.29) is 22.8 Å². The van der Waals surface area contributed by atoms with Crippen LogP contribution >= 0.6 is 11.8 Å². The number of amides is 1. The number of hydrogen-bond acceptors (Lipinski definition) is 7. The average Bonchev–Trinajstić information content (AvgIpc) is 3.37. The number of fused-ring (bicyclic) bond motifs is 2. The van der Waals surface area contributed by atoms with Crippen molar-refractivity contribution in [3.05, 3.63) is 83.1 Å². The van der Waals surface area contributed by atoms with Crippen molar-refractivity contribution in [2.24, 2.45) is 0 Å². The highest BCUT2D eigenvalue weighted by Gasteiger charge is 2.44. The van der Waals surface area contributed by atoms with Crippen LogP contribution in [0.3, 0.4) is 0 Å². The summed E-state index contributed by atoms with van der Waals surface area (Å²) in [4.78, 5) is 15.2. The van der Waals surface area contributed by atoms with Crippen LogP contribution in [-0.2, 0) is 31.1 Å². The second-order valence-electron chi connectivity index (χ2n) is 13.7. The number of thioether (sulfide) groups is 1. The molecular weight excluding hydrogens is 683 g/mol. The molecule has 1 amide bonds. The van der Waals surface area contributed by atoms with Crippen molar-refractivity contribution in [2.45, 2.75) is 70.6 Å². The van der Waals surface area contributed by atoms with E-state index in [1.54, 1.807) is 11.8 Å². The van der Waals surface area contributed by atoms with Crippen LogP contribution in [0.1, 0.15) is 81.3 Å². The zero-order valence-electron chi connectivity index (χ0n) is 29.1. The van der Waals surface area contributed by atoms with Gasteiger partial charge in [0.1, 0.15) is 6.54 Å². The molecule has 0 bridgehead atoms. The Kier molecular flexibility index (Phi) is 12.6. The van der Waals surface area contributed by atoms with Gasteiger partial charge in [0.05, 0.1) is 16.9 Å². The van der Waals surface area contributed by atoms with Gasteiger partial charge in [-0.2, -0.15) is 33.2 Å². The molecule has 2 aromatic rings. The SMILES string of the molecule is CSCCCNC(=O)c1ccc2c(c1)C(C)(C)/C(=C\C=C\C1=[N+](CCCCS(=O)(=O)O)c3ccccc3C1(C)C)N2CCCCS(=O)(=O)O. The summed E-state index contributed by atoms with van der Waals surface area (Å²) in [5.41, 5.74) is 6.04. The molecule has 0 radical (unpaired) electrons. The molecule has 13 heteroatoms. The van der Waals surface area contributed by atoms with Gasteiger partial charge in [-0.3, -0.25) is 13.9 Å². The van der Waals surface area contributed by atoms with Crippen molar-refractivity contribution in [1.82, 2.24) is 5.32 Å². The van der Waals surface area contributed by atoms with Crippen molar-refractivity contribution in [1.29, 1.82) is 0 Å². The number of benzene rings is 2. The van der Waals surface area contributed by atoms with Gasteiger partial charge in [0.15, 0.2) is 5.71 Å². The second kappa shape index (κ2) is 15.9. The van der Waals surface area contributed by atoms with Gasteiger partial charge >= 0.3 is 0 Å². The van der Waals surface area contributed by atoms with E-state index >= 15 is 0 Å². The van der Waals surface area contributed by atoms with Crippen LogP contribution in [0.5, 0.6) is 0 Å². The largest absolute Gasteiger partial charge is 0.352 e. The Labute approximate surface area is 296 Å². The molecule has 4 rings (SSSR count). The summed E-state index contributed by atoms with van der Waals surface area (Å²) in [6.45, 7) is 10.3. The number of unbranched alkanes of at least 4 members (excludes halogenated alkanes) is 2. The number of carbonyl (C=O) groups excluding carboxylic acids is 1. The Balaban J connectivity index is 1.68. The molecule has 0 aromatic heterocycles. The van der Waals surface area contributed by atoms with E-state index in [9.17, 15) is 30.7 Å². The molecule has 0 fully saturated rings. The van der Waals surface area contributed by atoms with E-state index in [2.05, 4.69) is 66.8 Å². The number of nitrogens with one attached hydrogen (secondary N) is 1. The smallest absolute Gasteiger partial charge is 0.264 e. The molecule has 0 saturated carbocycles. The molecule has 2 aliphatic heterocycles. The third-order valence-corrected chi connectivity index (χ3v) is 11.6. The van der Waals surface area contributed by atoms with Crippen LogP contribution < -0.4 is 10.2 Å². The summed E-state index contributed by atoms with van der Waals surface area (Å²) in [7, 11) is -8.09. The van der Waals surface area contributed by atoms with E-state index in [4.69, 9.17) is 0 Å². The Hall–Kier alpha value is -2.97. The van der Waals surface area contributed by atoms with Crippen LogP contribution in [0.4, 0.5) is 11.4 Å². The minimum Gasteiger partial charge on any atom is -0.352 e. The second-order valence-corrected chi connectivity index (χ2v) is 17.8. The minimum absolute atomic E-state index is 0.118. The van der Waals surface area contributed by atoms with Crippen molar-refractivity contribution in [3.63, 3.8) is 0 Å². The third kappa shape index (κ3) is 9.63. The van der Waals surface area contributed by atoms with E-state index < -0.39 is 25.7 Å². The van der Waals surface area contributed by atoms with Crippen molar-refractivity contribution < 1.29 is 35.3 Å². The predicted octanol–water partition coefficient (Wildman–Crippen LogP) is 6.12. The number of nitrogens with zero attached hydrogens (tertiary/aromatic N) is 2.